The molecule has 0 aliphatic rings. The minimum absolute atomic E-state index is 0. The van der Waals surface area contributed by atoms with E-state index >= 15 is 0 Å². The van der Waals surface area contributed by atoms with Crippen LogP contribution in [0.15, 0.2) is 121 Å². The smallest absolute Gasteiger partial charge is 0.472 e. The second kappa shape index (κ2) is 12.8. The SMILES string of the molecule is [Mg+2].c1ccc([P-]c2ccccc2)cc1.c1ccc([P-]c2ccccc2)cc1. The summed E-state index contributed by atoms with van der Waals surface area (Å²) in [6.45, 7) is 0. The molecule has 0 heterocycles. The van der Waals surface area contributed by atoms with E-state index in [9.17, 15) is 0 Å². The summed E-state index contributed by atoms with van der Waals surface area (Å²) in [7, 11) is 2.56. The summed E-state index contributed by atoms with van der Waals surface area (Å²) in [5.41, 5.74) is 0. The Morgan fingerprint density at radius 3 is 0.667 bits per heavy atom. The largest absolute Gasteiger partial charge is 2.00 e. The van der Waals surface area contributed by atoms with Gasteiger partial charge in [-0.25, -0.2) is 21.2 Å². The van der Waals surface area contributed by atoms with Crippen LogP contribution in [-0.2, 0) is 0 Å². The molecule has 0 N–H and O–H groups in total. The molecule has 0 amide bonds. The number of hydrogen-bond donors (Lipinski definition) is 0. The summed E-state index contributed by atoms with van der Waals surface area (Å²) >= 11 is 0. The van der Waals surface area contributed by atoms with Crippen LogP contribution < -0.4 is 21.2 Å². The quantitative estimate of drug-likeness (QED) is 0.345. The van der Waals surface area contributed by atoms with Crippen molar-refractivity contribution in [2.24, 2.45) is 0 Å². The standard InChI is InChI=1S/2C12H10P.Mg/c2*1-3-7-11(8-4-1)13-12-9-5-2-6-10-12;/h2*1-10H;/q2*-1;+2. The van der Waals surface area contributed by atoms with Crippen molar-refractivity contribution in [1.29, 1.82) is 0 Å². The molecule has 0 unspecified atom stereocenters. The van der Waals surface area contributed by atoms with Crippen LogP contribution in [0.5, 0.6) is 0 Å². The molecule has 0 aliphatic heterocycles. The normalized spacial score (nSPS) is 9.48. The molecule has 3 heteroatoms. The summed E-state index contributed by atoms with van der Waals surface area (Å²) in [6.07, 6.45) is 0. The Morgan fingerprint density at radius 1 is 0.296 bits per heavy atom. The molecule has 0 nitrogen and oxygen atoms in total. The zero-order valence-electron chi connectivity index (χ0n) is 15.1. The molecule has 0 atom stereocenters. The Hall–Kier alpha value is -1.49. The van der Waals surface area contributed by atoms with Crippen LogP contribution in [0.4, 0.5) is 0 Å². The van der Waals surface area contributed by atoms with Crippen LogP contribution in [0.1, 0.15) is 0 Å². The van der Waals surface area contributed by atoms with Crippen molar-refractivity contribution in [2.75, 3.05) is 0 Å². The third-order valence-electron chi connectivity index (χ3n) is 3.54. The molecule has 4 rings (SSSR count). The van der Waals surface area contributed by atoms with E-state index in [1.807, 2.05) is 24.3 Å². The van der Waals surface area contributed by atoms with Crippen LogP contribution in [-0.4, -0.2) is 23.1 Å². The molecule has 0 saturated heterocycles. The Bertz CT molecular complexity index is 715. The monoisotopic (exact) mass is 394 g/mol. The van der Waals surface area contributed by atoms with E-state index < -0.39 is 0 Å². The fraction of sp³-hybridized carbons (Fsp3) is 0. The van der Waals surface area contributed by atoms with Gasteiger partial charge < -0.3 is 17.2 Å². The zero-order valence-corrected chi connectivity index (χ0v) is 18.4. The van der Waals surface area contributed by atoms with Gasteiger partial charge in [0.15, 0.2) is 0 Å². The van der Waals surface area contributed by atoms with Crippen molar-refractivity contribution < 1.29 is 0 Å². The van der Waals surface area contributed by atoms with Crippen LogP contribution in [0.2, 0.25) is 0 Å². The fourth-order valence-corrected chi connectivity index (χ4v) is 4.19. The summed E-state index contributed by atoms with van der Waals surface area (Å²) in [5.74, 6) is 0. The van der Waals surface area contributed by atoms with Crippen molar-refractivity contribution in [1.82, 2.24) is 0 Å². The average molecular weight is 395 g/mol. The van der Waals surface area contributed by atoms with Crippen LogP contribution in [0.25, 0.3) is 0 Å². The predicted molar refractivity (Wildman–Crippen MR) is 124 cm³/mol. The van der Waals surface area contributed by atoms with Gasteiger partial charge in [0, 0.05) is 0 Å². The number of benzene rings is 4. The van der Waals surface area contributed by atoms with Crippen molar-refractivity contribution in [3.63, 3.8) is 0 Å². The maximum absolute atomic E-state index is 2.15. The molecule has 128 valence electrons. The van der Waals surface area contributed by atoms with Gasteiger partial charge in [-0.2, -0.15) is 0 Å². The summed E-state index contributed by atoms with van der Waals surface area (Å²) in [5, 5.41) is 5.37. The van der Waals surface area contributed by atoms with Gasteiger partial charge in [0.2, 0.25) is 0 Å². The van der Waals surface area contributed by atoms with Crippen molar-refractivity contribution >= 4 is 61.4 Å². The molecule has 4 aromatic rings. The summed E-state index contributed by atoms with van der Waals surface area (Å²) in [4.78, 5) is 0. The molecular formula is C24H20MgP2. The van der Waals surface area contributed by atoms with Crippen LogP contribution in [0.3, 0.4) is 0 Å². The van der Waals surface area contributed by atoms with Gasteiger partial charge in [0.1, 0.15) is 0 Å². The van der Waals surface area contributed by atoms with Gasteiger partial charge in [0.05, 0.1) is 0 Å². The summed E-state index contributed by atoms with van der Waals surface area (Å²) < 4.78 is 0. The van der Waals surface area contributed by atoms with Crippen molar-refractivity contribution in [3.8, 4) is 0 Å². The van der Waals surface area contributed by atoms with Crippen molar-refractivity contribution in [3.05, 3.63) is 121 Å². The third-order valence-corrected chi connectivity index (χ3v) is 5.77. The van der Waals surface area contributed by atoms with Crippen molar-refractivity contribution in [2.45, 2.75) is 0 Å². The first-order valence-electron chi connectivity index (χ1n) is 8.54. The predicted octanol–water partition coefficient (Wildman–Crippen LogP) is 4.79. The first kappa shape index (κ1) is 21.8. The molecule has 0 fully saturated rings. The molecule has 0 bridgehead atoms. The topological polar surface area (TPSA) is 0 Å². The first-order valence-corrected chi connectivity index (χ1v) is 10.3. The Balaban J connectivity index is 0.000000187. The molecule has 0 saturated carbocycles. The second-order valence-electron chi connectivity index (χ2n) is 5.57. The van der Waals surface area contributed by atoms with Crippen LogP contribution in [0, 0.1) is 0 Å². The zero-order chi connectivity index (χ0) is 17.9. The Kier molecular flexibility index (Phi) is 10.3. The van der Waals surface area contributed by atoms with E-state index in [0.717, 1.165) is 0 Å². The summed E-state index contributed by atoms with van der Waals surface area (Å²) in [6, 6.07) is 42.0. The van der Waals surface area contributed by atoms with Gasteiger partial charge in [-0.1, -0.05) is 121 Å². The van der Waals surface area contributed by atoms with E-state index in [0.29, 0.717) is 0 Å². The van der Waals surface area contributed by atoms with Crippen LogP contribution >= 0.6 is 17.2 Å². The molecule has 4 aromatic carbocycles. The number of hydrogen-bond acceptors (Lipinski definition) is 0. The maximum Gasteiger partial charge on any atom is 2.00 e. The molecule has 0 spiro atoms. The maximum atomic E-state index is 2.15. The molecule has 27 heavy (non-hydrogen) atoms. The van der Waals surface area contributed by atoms with E-state index in [2.05, 4.69) is 97.1 Å². The Morgan fingerprint density at radius 2 is 0.481 bits per heavy atom. The molecule has 0 aliphatic carbocycles. The second-order valence-corrected chi connectivity index (χ2v) is 8.08. The minimum atomic E-state index is 0. The fourth-order valence-electron chi connectivity index (χ4n) is 2.31. The molecular weight excluding hydrogens is 375 g/mol. The van der Waals surface area contributed by atoms with Gasteiger partial charge in [-0.3, -0.25) is 0 Å². The van der Waals surface area contributed by atoms with E-state index in [-0.39, 0.29) is 23.1 Å². The minimum Gasteiger partial charge on any atom is -0.472 e. The van der Waals surface area contributed by atoms with Gasteiger partial charge in [-0.15, -0.1) is 0 Å². The molecule has 0 aromatic heterocycles. The van der Waals surface area contributed by atoms with E-state index in [4.69, 9.17) is 0 Å². The van der Waals surface area contributed by atoms with Gasteiger partial charge in [0.25, 0.3) is 0 Å². The Labute approximate surface area is 182 Å². The van der Waals surface area contributed by atoms with E-state index in [1.165, 1.54) is 38.4 Å². The third kappa shape index (κ3) is 8.37. The van der Waals surface area contributed by atoms with Gasteiger partial charge in [-0.05, 0) is 0 Å². The number of rotatable bonds is 4. The van der Waals surface area contributed by atoms with E-state index in [1.54, 1.807) is 0 Å². The first-order chi connectivity index (χ1) is 12.9. The average Bonchev–Trinajstić information content (AvgIpc) is 2.72. The molecule has 0 radical (unpaired) electrons. The van der Waals surface area contributed by atoms with Gasteiger partial charge >= 0.3 is 23.1 Å².